The molecule has 5 aromatic rings. The zero-order valence-corrected chi connectivity index (χ0v) is 20.6. The highest BCUT2D eigenvalue weighted by Crippen LogP contribution is 2.31. The van der Waals surface area contributed by atoms with Crippen LogP contribution in [0.2, 0.25) is 5.02 Å². The maximum atomic E-state index is 13.7. The molecule has 3 aromatic carbocycles. The molecule has 6 nitrogen and oxygen atoms in total. The van der Waals surface area contributed by atoms with Crippen molar-refractivity contribution in [2.24, 2.45) is 0 Å². The predicted octanol–water partition coefficient (Wildman–Crippen LogP) is 6.39. The molecule has 2 amide bonds. The van der Waals surface area contributed by atoms with E-state index in [1.807, 2.05) is 89.9 Å². The van der Waals surface area contributed by atoms with Crippen LogP contribution in [0.15, 0.2) is 110 Å². The number of nitrogens with zero attached hydrogens (tertiary/aromatic N) is 3. The molecular weight excluding hydrogens is 484 g/mol. The Morgan fingerprint density at radius 1 is 0.730 bits per heavy atom. The molecular formula is C30H23ClN4O2. The molecule has 0 unspecified atom stereocenters. The first-order valence-corrected chi connectivity index (χ1v) is 12.3. The van der Waals surface area contributed by atoms with Gasteiger partial charge in [-0.2, -0.15) is 0 Å². The van der Waals surface area contributed by atoms with Crippen LogP contribution in [0.3, 0.4) is 0 Å². The van der Waals surface area contributed by atoms with Gasteiger partial charge in [0.05, 0.1) is 28.4 Å². The minimum Gasteiger partial charge on any atom is -0.345 e. The molecule has 0 fully saturated rings. The molecule has 7 heteroatoms. The summed E-state index contributed by atoms with van der Waals surface area (Å²) in [5.41, 5.74) is 5.16. The van der Waals surface area contributed by atoms with Crippen LogP contribution in [-0.2, 0) is 13.1 Å². The number of hydrogen-bond acceptors (Lipinski definition) is 2. The van der Waals surface area contributed by atoms with Gasteiger partial charge in [-0.15, -0.1) is 0 Å². The van der Waals surface area contributed by atoms with Crippen molar-refractivity contribution in [1.29, 1.82) is 0 Å². The van der Waals surface area contributed by atoms with E-state index in [2.05, 4.69) is 9.88 Å². The normalized spacial score (nSPS) is 12.4. The molecule has 6 rings (SSSR count). The number of anilines is 2. The van der Waals surface area contributed by atoms with Gasteiger partial charge in [-0.25, -0.2) is 0 Å². The molecule has 1 aliphatic heterocycles. The van der Waals surface area contributed by atoms with Crippen molar-refractivity contribution in [3.8, 4) is 5.69 Å². The van der Waals surface area contributed by atoms with E-state index >= 15 is 0 Å². The lowest BCUT2D eigenvalue weighted by Gasteiger charge is -2.23. The number of benzene rings is 3. The Kier molecular flexibility index (Phi) is 5.87. The largest absolute Gasteiger partial charge is 0.345 e. The predicted molar refractivity (Wildman–Crippen MR) is 146 cm³/mol. The second-order valence-electron chi connectivity index (χ2n) is 8.90. The van der Waals surface area contributed by atoms with Crippen LogP contribution < -0.4 is 10.2 Å². The highest BCUT2D eigenvalue weighted by molar-refractivity contribution is 6.35. The number of amides is 2. The summed E-state index contributed by atoms with van der Waals surface area (Å²) >= 11 is 6.62. The molecule has 0 bridgehead atoms. The topological polar surface area (TPSA) is 59.3 Å². The van der Waals surface area contributed by atoms with Crippen LogP contribution in [0, 0.1) is 0 Å². The summed E-state index contributed by atoms with van der Waals surface area (Å²) in [4.78, 5) is 28.6. The van der Waals surface area contributed by atoms with E-state index in [0.29, 0.717) is 29.9 Å². The second-order valence-corrected chi connectivity index (χ2v) is 9.31. The fourth-order valence-corrected chi connectivity index (χ4v) is 5.02. The molecule has 0 saturated carbocycles. The molecule has 0 atom stereocenters. The summed E-state index contributed by atoms with van der Waals surface area (Å²) in [6, 6.07) is 28.1. The molecule has 0 aliphatic carbocycles. The van der Waals surface area contributed by atoms with Gasteiger partial charge in [0.2, 0.25) is 0 Å². The fraction of sp³-hybridized carbons (Fsp3) is 0.0667. The Hall–Kier alpha value is -4.55. The lowest BCUT2D eigenvalue weighted by molar-refractivity contribution is 0.0984. The van der Waals surface area contributed by atoms with Gasteiger partial charge in [0, 0.05) is 42.2 Å². The Morgan fingerprint density at radius 2 is 1.49 bits per heavy atom. The summed E-state index contributed by atoms with van der Waals surface area (Å²) in [5.74, 6) is -0.454. The van der Waals surface area contributed by atoms with Crippen LogP contribution in [0.1, 0.15) is 32.0 Å². The number of aromatic nitrogens is 2. The number of para-hydroxylation sites is 2. The first-order valence-electron chi connectivity index (χ1n) is 12.0. The molecule has 182 valence electrons. The van der Waals surface area contributed by atoms with Crippen molar-refractivity contribution >= 4 is 34.8 Å². The molecule has 3 heterocycles. The van der Waals surface area contributed by atoms with Gasteiger partial charge in [-0.3, -0.25) is 9.59 Å². The van der Waals surface area contributed by atoms with E-state index in [1.165, 1.54) is 0 Å². The van der Waals surface area contributed by atoms with E-state index in [-0.39, 0.29) is 16.8 Å². The first-order chi connectivity index (χ1) is 18.1. The molecule has 0 saturated heterocycles. The van der Waals surface area contributed by atoms with E-state index in [1.54, 1.807) is 29.2 Å². The maximum absolute atomic E-state index is 13.7. The summed E-state index contributed by atoms with van der Waals surface area (Å²) in [7, 11) is 0. The molecule has 0 radical (unpaired) electrons. The van der Waals surface area contributed by atoms with E-state index in [9.17, 15) is 9.59 Å². The average Bonchev–Trinajstić information content (AvgIpc) is 3.58. The van der Waals surface area contributed by atoms with Crippen molar-refractivity contribution in [2.75, 3.05) is 10.2 Å². The van der Waals surface area contributed by atoms with Gasteiger partial charge in [0.1, 0.15) is 0 Å². The number of hydrogen-bond donors (Lipinski definition) is 1. The third-order valence-electron chi connectivity index (χ3n) is 6.60. The van der Waals surface area contributed by atoms with Gasteiger partial charge in [0.25, 0.3) is 11.8 Å². The zero-order valence-electron chi connectivity index (χ0n) is 19.8. The minimum atomic E-state index is -0.262. The third kappa shape index (κ3) is 4.32. The highest BCUT2D eigenvalue weighted by atomic mass is 35.5. The standard InChI is InChI=1S/C30H23ClN4O2/c31-26-18-22(32-29(36)25-10-2-4-12-28(25)33-15-5-6-16-33)13-14-24(26)30(37)35-20-23-9-7-17-34(23)19-21-8-1-3-11-27(21)35/h1-18H,19-20H2,(H,32,36). The van der Waals surface area contributed by atoms with Crippen molar-refractivity contribution in [1.82, 2.24) is 9.13 Å². The molecule has 37 heavy (non-hydrogen) atoms. The Balaban J connectivity index is 1.27. The van der Waals surface area contributed by atoms with Crippen molar-refractivity contribution in [3.05, 3.63) is 137 Å². The Bertz CT molecular complexity index is 1620. The average molecular weight is 507 g/mol. The summed E-state index contributed by atoms with van der Waals surface area (Å²) < 4.78 is 4.04. The number of carbonyl (C=O) groups excluding carboxylic acids is 2. The number of halogens is 1. The van der Waals surface area contributed by atoms with E-state index in [4.69, 9.17) is 11.6 Å². The first kappa shape index (κ1) is 22.9. The maximum Gasteiger partial charge on any atom is 0.260 e. The number of carbonyl (C=O) groups is 2. The zero-order chi connectivity index (χ0) is 25.4. The van der Waals surface area contributed by atoms with E-state index < -0.39 is 0 Å². The SMILES string of the molecule is O=C(Nc1ccc(C(=O)N2Cc3cccn3Cc3ccccc32)c(Cl)c1)c1ccccc1-n1cccc1. The Labute approximate surface area is 219 Å². The van der Waals surface area contributed by atoms with Crippen LogP contribution >= 0.6 is 11.6 Å². The van der Waals surface area contributed by atoms with Gasteiger partial charge in [-0.1, -0.05) is 41.9 Å². The fourth-order valence-electron chi connectivity index (χ4n) is 4.76. The van der Waals surface area contributed by atoms with Gasteiger partial charge in [-0.05, 0) is 66.2 Å². The lowest BCUT2D eigenvalue weighted by Crippen LogP contribution is -2.30. The van der Waals surface area contributed by atoms with Crippen LogP contribution in [0.5, 0.6) is 0 Å². The highest BCUT2D eigenvalue weighted by Gasteiger charge is 2.26. The van der Waals surface area contributed by atoms with Gasteiger partial charge in [0.15, 0.2) is 0 Å². The summed E-state index contributed by atoms with van der Waals surface area (Å²) in [6.45, 7) is 1.14. The van der Waals surface area contributed by atoms with E-state index in [0.717, 1.165) is 22.6 Å². The molecule has 1 N–H and O–H groups in total. The number of fused-ring (bicyclic) bond motifs is 2. The smallest absolute Gasteiger partial charge is 0.260 e. The van der Waals surface area contributed by atoms with Gasteiger partial charge >= 0.3 is 0 Å². The van der Waals surface area contributed by atoms with Crippen LogP contribution in [-0.4, -0.2) is 20.9 Å². The summed E-state index contributed by atoms with van der Waals surface area (Å²) in [5, 5.41) is 3.19. The molecule has 1 aliphatic rings. The molecule has 0 spiro atoms. The van der Waals surface area contributed by atoms with Crippen molar-refractivity contribution < 1.29 is 9.59 Å². The quantitative estimate of drug-likeness (QED) is 0.307. The van der Waals surface area contributed by atoms with Crippen LogP contribution in [0.25, 0.3) is 5.69 Å². The lowest BCUT2D eigenvalue weighted by atomic mass is 10.1. The Morgan fingerprint density at radius 3 is 2.30 bits per heavy atom. The molecule has 2 aromatic heterocycles. The second kappa shape index (κ2) is 9.48. The monoisotopic (exact) mass is 506 g/mol. The number of nitrogens with one attached hydrogen (secondary N) is 1. The summed E-state index contributed by atoms with van der Waals surface area (Å²) in [6.07, 6.45) is 5.81. The van der Waals surface area contributed by atoms with Crippen LogP contribution in [0.4, 0.5) is 11.4 Å². The van der Waals surface area contributed by atoms with Crippen molar-refractivity contribution in [2.45, 2.75) is 13.1 Å². The third-order valence-corrected chi connectivity index (χ3v) is 6.91. The van der Waals surface area contributed by atoms with Gasteiger partial charge < -0.3 is 19.4 Å². The minimum absolute atomic E-state index is 0.192. The number of rotatable bonds is 4. The van der Waals surface area contributed by atoms with Crippen molar-refractivity contribution in [3.63, 3.8) is 0 Å².